The van der Waals surface area contributed by atoms with Gasteiger partial charge >= 0.3 is 0 Å². The Balaban J connectivity index is 1.92. The van der Waals surface area contributed by atoms with Gasteiger partial charge in [-0.05, 0) is 74.8 Å². The lowest BCUT2D eigenvalue weighted by Crippen LogP contribution is -2.07. The van der Waals surface area contributed by atoms with E-state index in [1.807, 2.05) is 0 Å². The smallest absolute Gasteiger partial charge is 0.125 e. The van der Waals surface area contributed by atoms with Gasteiger partial charge in [-0.3, -0.25) is 0 Å². The van der Waals surface area contributed by atoms with E-state index in [0.717, 1.165) is 50.6 Å². The van der Waals surface area contributed by atoms with Crippen molar-refractivity contribution >= 4 is 5.76 Å². The van der Waals surface area contributed by atoms with Crippen LogP contribution >= 0.6 is 0 Å². The maximum absolute atomic E-state index is 6.18. The van der Waals surface area contributed by atoms with Crippen molar-refractivity contribution in [1.82, 2.24) is 0 Å². The molecule has 1 aromatic rings. The van der Waals surface area contributed by atoms with Crippen LogP contribution in [0.5, 0.6) is 5.75 Å². The van der Waals surface area contributed by atoms with Crippen molar-refractivity contribution < 1.29 is 14.2 Å². The fourth-order valence-corrected chi connectivity index (χ4v) is 3.16. The van der Waals surface area contributed by atoms with Gasteiger partial charge in [-0.2, -0.15) is 0 Å². The van der Waals surface area contributed by atoms with Gasteiger partial charge in [0.05, 0.1) is 13.2 Å². The number of hydrogen-bond donors (Lipinski definition) is 0. The Morgan fingerprint density at radius 1 is 0.962 bits per heavy atom. The molecule has 3 nitrogen and oxygen atoms in total. The molecule has 0 aromatic heterocycles. The molecule has 1 aromatic carbocycles. The molecule has 0 amide bonds. The van der Waals surface area contributed by atoms with E-state index >= 15 is 0 Å². The van der Waals surface area contributed by atoms with Crippen molar-refractivity contribution in [2.45, 2.75) is 71.6 Å². The van der Waals surface area contributed by atoms with Crippen LogP contribution in [0.15, 0.2) is 23.8 Å². The van der Waals surface area contributed by atoms with Crippen molar-refractivity contribution in [3.63, 3.8) is 0 Å². The Morgan fingerprint density at radius 3 is 2.38 bits per heavy atom. The van der Waals surface area contributed by atoms with E-state index in [2.05, 4.69) is 32.0 Å². The highest BCUT2D eigenvalue weighted by Crippen LogP contribution is 2.35. The molecule has 0 unspecified atom stereocenters. The molecule has 0 aliphatic heterocycles. The number of methoxy groups -OCH3 is 1. The highest BCUT2D eigenvalue weighted by Gasteiger charge is 2.18. The monoisotopic (exact) mass is 360 g/mol. The van der Waals surface area contributed by atoms with Gasteiger partial charge in [-0.25, -0.2) is 0 Å². The van der Waals surface area contributed by atoms with Crippen molar-refractivity contribution in [2.75, 3.05) is 26.9 Å². The van der Waals surface area contributed by atoms with E-state index in [9.17, 15) is 0 Å². The molecule has 26 heavy (non-hydrogen) atoms. The molecular formula is C23H36O3. The summed E-state index contributed by atoms with van der Waals surface area (Å²) in [5.41, 5.74) is 3.85. The third-order valence-corrected chi connectivity index (χ3v) is 4.96. The molecule has 0 spiro atoms. The molecule has 1 saturated carbocycles. The second-order valence-electron chi connectivity index (χ2n) is 7.22. The largest absolute Gasteiger partial charge is 0.493 e. The van der Waals surface area contributed by atoms with Crippen LogP contribution in [0.2, 0.25) is 0 Å². The Hall–Kier alpha value is -1.48. The molecule has 0 bridgehead atoms. The first-order valence-electron chi connectivity index (χ1n) is 10.3. The molecule has 0 atom stereocenters. The van der Waals surface area contributed by atoms with E-state index in [0.29, 0.717) is 0 Å². The van der Waals surface area contributed by atoms with Crippen molar-refractivity contribution in [3.8, 4) is 5.75 Å². The number of allylic oxidation sites excluding steroid dienone is 1. The minimum atomic E-state index is 0.761. The van der Waals surface area contributed by atoms with Crippen molar-refractivity contribution in [1.29, 1.82) is 0 Å². The van der Waals surface area contributed by atoms with Gasteiger partial charge in [0.15, 0.2) is 0 Å². The van der Waals surface area contributed by atoms with Gasteiger partial charge in [0.1, 0.15) is 11.5 Å². The van der Waals surface area contributed by atoms with Gasteiger partial charge in [0, 0.05) is 19.3 Å². The molecule has 0 N–H and O–H groups in total. The molecular weight excluding hydrogens is 324 g/mol. The lowest BCUT2D eigenvalue weighted by molar-refractivity contribution is 0.179. The van der Waals surface area contributed by atoms with Crippen LogP contribution in [0.3, 0.4) is 0 Å². The predicted molar refractivity (Wildman–Crippen MR) is 109 cm³/mol. The lowest BCUT2D eigenvalue weighted by Gasteiger charge is -2.23. The third kappa shape index (κ3) is 6.68. The molecule has 2 rings (SSSR count). The molecule has 1 aliphatic rings. The van der Waals surface area contributed by atoms with Gasteiger partial charge in [0.25, 0.3) is 0 Å². The van der Waals surface area contributed by atoms with Crippen LogP contribution in [0, 0.1) is 6.92 Å². The zero-order chi connectivity index (χ0) is 18.6. The van der Waals surface area contributed by atoms with Crippen LogP contribution in [0.1, 0.15) is 75.8 Å². The summed E-state index contributed by atoms with van der Waals surface area (Å²) in [6.07, 6.45) is 10.6. The molecule has 0 heterocycles. The number of ether oxygens (including phenoxy) is 3. The van der Waals surface area contributed by atoms with E-state index in [4.69, 9.17) is 14.2 Å². The Morgan fingerprint density at radius 2 is 1.73 bits per heavy atom. The summed E-state index contributed by atoms with van der Waals surface area (Å²) in [5, 5.41) is 0. The summed E-state index contributed by atoms with van der Waals surface area (Å²) in [6.45, 7) is 6.74. The van der Waals surface area contributed by atoms with Crippen LogP contribution in [0.25, 0.3) is 5.76 Å². The average molecular weight is 361 g/mol. The molecule has 1 aliphatic carbocycles. The second kappa shape index (κ2) is 12.0. The molecule has 0 radical (unpaired) electrons. The number of benzene rings is 1. The molecule has 1 fully saturated rings. The Kier molecular flexibility index (Phi) is 9.62. The number of rotatable bonds is 13. The topological polar surface area (TPSA) is 27.7 Å². The normalized spacial score (nSPS) is 13.4. The highest BCUT2D eigenvalue weighted by molar-refractivity contribution is 5.66. The standard InChI is InChI=1S/C23H36O3/c1-4-5-6-7-16-25-22-14-13-21(18-19(22)2)23(20-11-10-12-20)26-17-9-8-15-24-3/h13-14,18H,4-12,15-17H2,1-3H3. The van der Waals surface area contributed by atoms with Crippen molar-refractivity contribution in [3.05, 3.63) is 34.9 Å². The van der Waals surface area contributed by atoms with Gasteiger partial charge in [-0.15, -0.1) is 0 Å². The zero-order valence-corrected chi connectivity index (χ0v) is 16.9. The summed E-state index contributed by atoms with van der Waals surface area (Å²) in [6, 6.07) is 6.49. The second-order valence-corrected chi connectivity index (χ2v) is 7.22. The number of unbranched alkanes of at least 4 members (excludes halogenated alkanes) is 4. The van der Waals surface area contributed by atoms with Crippen LogP contribution in [0.4, 0.5) is 0 Å². The van der Waals surface area contributed by atoms with Crippen LogP contribution < -0.4 is 4.74 Å². The first kappa shape index (κ1) is 20.8. The highest BCUT2D eigenvalue weighted by atomic mass is 16.5. The fourth-order valence-electron chi connectivity index (χ4n) is 3.16. The van der Waals surface area contributed by atoms with Gasteiger partial charge in [0.2, 0.25) is 0 Å². The Labute approximate surface area is 159 Å². The summed E-state index contributed by atoms with van der Waals surface area (Å²) in [4.78, 5) is 0. The first-order valence-corrected chi connectivity index (χ1v) is 10.3. The van der Waals surface area contributed by atoms with Gasteiger partial charge < -0.3 is 14.2 Å². The van der Waals surface area contributed by atoms with Crippen molar-refractivity contribution in [2.24, 2.45) is 0 Å². The predicted octanol–water partition coefficient (Wildman–Crippen LogP) is 6.29. The summed E-state index contributed by atoms with van der Waals surface area (Å²) in [5.74, 6) is 2.11. The minimum Gasteiger partial charge on any atom is -0.493 e. The van der Waals surface area contributed by atoms with E-state index in [-0.39, 0.29) is 0 Å². The Bertz CT molecular complexity index is 557. The molecule has 3 heteroatoms. The first-order chi connectivity index (χ1) is 12.8. The number of aryl methyl sites for hydroxylation is 1. The van der Waals surface area contributed by atoms with Crippen LogP contribution in [-0.2, 0) is 9.47 Å². The summed E-state index contributed by atoms with van der Waals surface area (Å²) >= 11 is 0. The van der Waals surface area contributed by atoms with Gasteiger partial charge in [-0.1, -0.05) is 26.2 Å². The summed E-state index contributed by atoms with van der Waals surface area (Å²) in [7, 11) is 1.75. The molecule has 0 saturated heterocycles. The molecule has 146 valence electrons. The minimum absolute atomic E-state index is 0.761. The SMILES string of the molecule is CCCCCCOc1ccc(C(OCCCCOC)=C2CCC2)cc1C. The quantitative estimate of drug-likeness (QED) is 0.305. The fraction of sp³-hybridized carbons (Fsp3) is 0.652. The van der Waals surface area contributed by atoms with Crippen LogP contribution in [-0.4, -0.2) is 26.9 Å². The van der Waals surface area contributed by atoms with E-state index in [1.54, 1.807) is 7.11 Å². The maximum atomic E-state index is 6.18. The zero-order valence-electron chi connectivity index (χ0n) is 16.9. The average Bonchev–Trinajstić information content (AvgIpc) is 2.60. The third-order valence-electron chi connectivity index (χ3n) is 4.96. The van der Waals surface area contributed by atoms with E-state index < -0.39 is 0 Å². The summed E-state index contributed by atoms with van der Waals surface area (Å²) < 4.78 is 17.3. The lowest BCUT2D eigenvalue weighted by atomic mass is 9.89. The maximum Gasteiger partial charge on any atom is 0.125 e. The van der Waals surface area contributed by atoms with E-state index in [1.165, 1.54) is 55.2 Å². The number of hydrogen-bond acceptors (Lipinski definition) is 3.